The summed E-state index contributed by atoms with van der Waals surface area (Å²) < 4.78 is 21.6. The minimum atomic E-state index is -0.972. The standard InChI is InChI=1S/C8H12O5/c1-8-11-3-5(12-8)7-6(13-8)4(9)2-10-7/h4-7,9H,2-3H2,1H3/t4-,5-,6+,7+,8?/m0/s1. The second-order valence-corrected chi connectivity index (χ2v) is 3.78. The maximum atomic E-state index is 9.54. The van der Waals surface area contributed by atoms with E-state index in [4.69, 9.17) is 18.9 Å². The molecular formula is C8H12O5. The number of hydrogen-bond acceptors (Lipinski definition) is 5. The Morgan fingerprint density at radius 2 is 2.08 bits per heavy atom. The lowest BCUT2D eigenvalue weighted by atomic mass is 10.1. The molecular weight excluding hydrogens is 176 g/mol. The van der Waals surface area contributed by atoms with Gasteiger partial charge in [-0.2, -0.15) is 0 Å². The van der Waals surface area contributed by atoms with Crippen molar-refractivity contribution in [1.29, 1.82) is 0 Å². The van der Waals surface area contributed by atoms with Gasteiger partial charge >= 0.3 is 0 Å². The van der Waals surface area contributed by atoms with Gasteiger partial charge in [0.05, 0.1) is 13.2 Å². The van der Waals surface area contributed by atoms with Crippen LogP contribution in [-0.4, -0.2) is 48.7 Å². The van der Waals surface area contributed by atoms with Crippen LogP contribution in [0.3, 0.4) is 0 Å². The fourth-order valence-electron chi connectivity index (χ4n) is 2.13. The van der Waals surface area contributed by atoms with Gasteiger partial charge in [-0.25, -0.2) is 0 Å². The van der Waals surface area contributed by atoms with Crippen molar-refractivity contribution in [3.8, 4) is 0 Å². The van der Waals surface area contributed by atoms with Crippen LogP contribution >= 0.6 is 0 Å². The van der Waals surface area contributed by atoms with Crippen molar-refractivity contribution in [2.45, 2.75) is 37.3 Å². The zero-order valence-electron chi connectivity index (χ0n) is 7.30. The fourth-order valence-corrected chi connectivity index (χ4v) is 2.13. The molecule has 0 saturated carbocycles. The first-order valence-corrected chi connectivity index (χ1v) is 4.47. The molecule has 3 saturated heterocycles. The predicted octanol–water partition coefficient (Wildman–Crippen LogP) is -0.766. The highest BCUT2D eigenvalue weighted by molar-refractivity contribution is 4.96. The minimum Gasteiger partial charge on any atom is -0.388 e. The summed E-state index contributed by atoms with van der Waals surface area (Å²) in [6, 6.07) is 0. The van der Waals surface area contributed by atoms with Crippen LogP contribution < -0.4 is 0 Å². The van der Waals surface area contributed by atoms with E-state index in [9.17, 15) is 5.11 Å². The van der Waals surface area contributed by atoms with Crippen molar-refractivity contribution >= 4 is 0 Å². The Bertz CT molecular complexity index is 233. The molecule has 0 spiro atoms. The number of hydrogen-bond donors (Lipinski definition) is 1. The third-order valence-corrected chi connectivity index (χ3v) is 2.75. The molecule has 0 aliphatic carbocycles. The molecule has 2 bridgehead atoms. The van der Waals surface area contributed by atoms with Crippen molar-refractivity contribution in [3.05, 3.63) is 0 Å². The topological polar surface area (TPSA) is 57.2 Å². The largest absolute Gasteiger partial charge is 0.388 e. The van der Waals surface area contributed by atoms with Crippen molar-refractivity contribution in [1.82, 2.24) is 0 Å². The highest BCUT2D eigenvalue weighted by Crippen LogP contribution is 2.39. The molecule has 0 aromatic heterocycles. The summed E-state index contributed by atoms with van der Waals surface area (Å²) in [5.74, 6) is -0.972. The summed E-state index contributed by atoms with van der Waals surface area (Å²) in [5.41, 5.74) is 0. The zero-order chi connectivity index (χ0) is 9.05. The third-order valence-electron chi connectivity index (χ3n) is 2.75. The van der Waals surface area contributed by atoms with Gasteiger partial charge in [0.2, 0.25) is 0 Å². The van der Waals surface area contributed by atoms with Crippen LogP contribution in [-0.2, 0) is 18.9 Å². The Balaban J connectivity index is 1.89. The van der Waals surface area contributed by atoms with Crippen LogP contribution in [0, 0.1) is 0 Å². The smallest absolute Gasteiger partial charge is 0.280 e. The van der Waals surface area contributed by atoms with Gasteiger partial charge in [0.1, 0.15) is 24.4 Å². The maximum absolute atomic E-state index is 9.54. The molecule has 5 heteroatoms. The number of fused-ring (bicyclic) bond motifs is 4. The summed E-state index contributed by atoms with van der Waals surface area (Å²) in [6.45, 7) is 2.52. The second kappa shape index (κ2) is 2.43. The van der Waals surface area contributed by atoms with E-state index in [2.05, 4.69) is 0 Å². The molecule has 0 radical (unpaired) electrons. The lowest BCUT2D eigenvalue weighted by Gasteiger charge is -2.35. The van der Waals surface area contributed by atoms with Crippen LogP contribution in [0.15, 0.2) is 0 Å². The highest BCUT2D eigenvalue weighted by Gasteiger charge is 2.57. The van der Waals surface area contributed by atoms with Crippen molar-refractivity contribution in [3.63, 3.8) is 0 Å². The lowest BCUT2D eigenvalue weighted by molar-refractivity contribution is -0.377. The summed E-state index contributed by atoms with van der Waals surface area (Å²) in [5, 5.41) is 9.54. The van der Waals surface area contributed by atoms with Gasteiger partial charge in [0.15, 0.2) is 0 Å². The maximum Gasteiger partial charge on any atom is 0.280 e. The normalized spacial score (nSPS) is 59.5. The first-order valence-electron chi connectivity index (χ1n) is 4.47. The SMILES string of the molecule is CC12OC[C@H](O1)[C@H]1OC[C@H](O)[C@H]1O2. The van der Waals surface area contributed by atoms with E-state index in [1.54, 1.807) is 6.92 Å². The number of aliphatic hydroxyl groups is 1. The average Bonchev–Trinajstić information content (AvgIpc) is 2.58. The van der Waals surface area contributed by atoms with Crippen LogP contribution in [0.25, 0.3) is 0 Å². The van der Waals surface area contributed by atoms with Crippen LogP contribution in [0.5, 0.6) is 0 Å². The van der Waals surface area contributed by atoms with Crippen molar-refractivity contribution in [2.24, 2.45) is 0 Å². The van der Waals surface area contributed by atoms with Gasteiger partial charge in [0.25, 0.3) is 5.97 Å². The van der Waals surface area contributed by atoms with Gasteiger partial charge < -0.3 is 24.1 Å². The third kappa shape index (κ3) is 1.05. The summed E-state index contributed by atoms with van der Waals surface area (Å²) in [4.78, 5) is 0. The van der Waals surface area contributed by atoms with Crippen LogP contribution in [0.4, 0.5) is 0 Å². The summed E-state index contributed by atoms with van der Waals surface area (Å²) >= 11 is 0. The number of rotatable bonds is 0. The molecule has 3 rings (SSSR count). The molecule has 5 atom stereocenters. The monoisotopic (exact) mass is 188 g/mol. The summed E-state index contributed by atoms with van der Waals surface area (Å²) in [6.07, 6.45) is -1.13. The van der Waals surface area contributed by atoms with Gasteiger partial charge in [-0.15, -0.1) is 0 Å². The second-order valence-electron chi connectivity index (χ2n) is 3.78. The van der Waals surface area contributed by atoms with E-state index in [1.807, 2.05) is 0 Å². The molecule has 0 aromatic carbocycles. The fraction of sp³-hybridized carbons (Fsp3) is 1.00. The molecule has 1 N–H and O–H groups in total. The first kappa shape index (κ1) is 8.14. The lowest BCUT2D eigenvalue weighted by Crippen LogP contribution is -2.51. The van der Waals surface area contributed by atoms with E-state index in [0.717, 1.165) is 0 Å². The van der Waals surface area contributed by atoms with E-state index >= 15 is 0 Å². The highest BCUT2D eigenvalue weighted by atomic mass is 16.9. The minimum absolute atomic E-state index is 0.0964. The quantitative estimate of drug-likeness (QED) is 0.541. The van der Waals surface area contributed by atoms with Crippen molar-refractivity contribution in [2.75, 3.05) is 13.2 Å². The predicted molar refractivity (Wildman–Crippen MR) is 39.8 cm³/mol. The molecule has 3 fully saturated rings. The van der Waals surface area contributed by atoms with Crippen LogP contribution in [0.1, 0.15) is 6.92 Å². The van der Waals surface area contributed by atoms with E-state index in [1.165, 1.54) is 0 Å². The number of aliphatic hydroxyl groups excluding tert-OH is 1. The zero-order valence-corrected chi connectivity index (χ0v) is 7.30. The Kier molecular flexibility index (Phi) is 1.52. The molecule has 3 aliphatic heterocycles. The van der Waals surface area contributed by atoms with E-state index in [-0.39, 0.29) is 18.3 Å². The molecule has 13 heavy (non-hydrogen) atoms. The van der Waals surface area contributed by atoms with Gasteiger partial charge in [-0.3, -0.25) is 0 Å². The first-order chi connectivity index (χ1) is 6.18. The van der Waals surface area contributed by atoms with Crippen LogP contribution in [0.2, 0.25) is 0 Å². The number of ether oxygens (including phenoxy) is 4. The molecule has 5 nitrogen and oxygen atoms in total. The van der Waals surface area contributed by atoms with Gasteiger partial charge in [-0.1, -0.05) is 0 Å². The molecule has 74 valence electrons. The van der Waals surface area contributed by atoms with Gasteiger partial charge in [0, 0.05) is 6.92 Å². The van der Waals surface area contributed by atoms with E-state index in [0.29, 0.717) is 13.2 Å². The molecule has 1 unspecified atom stereocenters. The molecule has 0 aromatic rings. The Hall–Kier alpha value is -0.200. The average molecular weight is 188 g/mol. The molecule has 3 heterocycles. The van der Waals surface area contributed by atoms with E-state index < -0.39 is 12.1 Å². The summed E-state index contributed by atoms with van der Waals surface area (Å²) in [7, 11) is 0. The Morgan fingerprint density at radius 3 is 2.92 bits per heavy atom. The Labute approximate surface area is 75.5 Å². The Morgan fingerprint density at radius 1 is 1.23 bits per heavy atom. The molecule has 3 aliphatic rings. The van der Waals surface area contributed by atoms with Gasteiger partial charge in [-0.05, 0) is 0 Å². The molecule has 0 amide bonds. The van der Waals surface area contributed by atoms with Crippen molar-refractivity contribution < 1.29 is 24.1 Å².